The first kappa shape index (κ1) is 15.5. The Kier molecular flexibility index (Phi) is 5.13. The third-order valence-corrected chi connectivity index (χ3v) is 5.23. The summed E-state index contributed by atoms with van der Waals surface area (Å²) in [7, 11) is 1.74. The molecule has 2 heterocycles. The van der Waals surface area contributed by atoms with E-state index in [9.17, 15) is 0 Å². The molecule has 22 heavy (non-hydrogen) atoms. The summed E-state index contributed by atoms with van der Waals surface area (Å²) >= 11 is 1.90. The standard InChI is InChI=1S/C18H24N2OS/c1-14-7-8-17(22-14)18(20-11-4-9-19-10-12-20)15-5-3-6-16(13-15)21-2/h3,5-8,13,18-19H,4,9-12H2,1-2H3. The quantitative estimate of drug-likeness (QED) is 0.935. The van der Waals surface area contributed by atoms with E-state index in [1.807, 2.05) is 17.4 Å². The van der Waals surface area contributed by atoms with Gasteiger partial charge in [-0.25, -0.2) is 0 Å². The number of methoxy groups -OCH3 is 1. The molecule has 0 spiro atoms. The zero-order valence-electron chi connectivity index (χ0n) is 13.3. The van der Waals surface area contributed by atoms with Crippen LogP contribution in [0.5, 0.6) is 5.75 Å². The van der Waals surface area contributed by atoms with Crippen molar-refractivity contribution in [2.45, 2.75) is 19.4 Å². The number of hydrogen-bond acceptors (Lipinski definition) is 4. The average Bonchev–Trinajstić information content (AvgIpc) is 2.80. The summed E-state index contributed by atoms with van der Waals surface area (Å²) in [4.78, 5) is 5.39. The Labute approximate surface area is 136 Å². The molecular weight excluding hydrogens is 292 g/mol. The van der Waals surface area contributed by atoms with Crippen molar-refractivity contribution in [3.05, 3.63) is 51.7 Å². The fourth-order valence-corrected chi connectivity index (χ4v) is 4.13. The summed E-state index contributed by atoms with van der Waals surface area (Å²) < 4.78 is 5.43. The highest BCUT2D eigenvalue weighted by molar-refractivity contribution is 7.12. The summed E-state index contributed by atoms with van der Waals surface area (Å²) in [5.74, 6) is 0.934. The Morgan fingerprint density at radius 2 is 2.09 bits per heavy atom. The third kappa shape index (κ3) is 3.51. The highest BCUT2D eigenvalue weighted by Gasteiger charge is 2.24. The lowest BCUT2D eigenvalue weighted by Crippen LogP contribution is -2.32. The summed E-state index contributed by atoms with van der Waals surface area (Å²) in [5.41, 5.74) is 1.32. The van der Waals surface area contributed by atoms with Gasteiger partial charge in [-0.3, -0.25) is 4.90 Å². The van der Waals surface area contributed by atoms with Crippen LogP contribution in [-0.4, -0.2) is 38.2 Å². The van der Waals surface area contributed by atoms with Gasteiger partial charge in [0.25, 0.3) is 0 Å². The lowest BCUT2D eigenvalue weighted by Gasteiger charge is -2.30. The SMILES string of the molecule is COc1cccc(C(c2ccc(C)s2)N2CCCNCC2)c1. The van der Waals surface area contributed by atoms with Crippen LogP contribution in [0.15, 0.2) is 36.4 Å². The first-order valence-electron chi connectivity index (χ1n) is 7.93. The number of rotatable bonds is 4. The molecule has 0 bridgehead atoms. The van der Waals surface area contributed by atoms with Gasteiger partial charge < -0.3 is 10.1 Å². The molecule has 1 aromatic carbocycles. The van der Waals surface area contributed by atoms with Crippen molar-refractivity contribution in [2.24, 2.45) is 0 Å². The van der Waals surface area contributed by atoms with Crippen LogP contribution in [-0.2, 0) is 0 Å². The number of ether oxygens (including phenoxy) is 1. The monoisotopic (exact) mass is 316 g/mol. The number of hydrogen-bond donors (Lipinski definition) is 1. The van der Waals surface area contributed by atoms with Crippen molar-refractivity contribution in [1.29, 1.82) is 0 Å². The summed E-state index contributed by atoms with van der Waals surface area (Å²) in [6, 6.07) is 13.3. The van der Waals surface area contributed by atoms with Crippen LogP contribution < -0.4 is 10.1 Å². The number of nitrogens with zero attached hydrogens (tertiary/aromatic N) is 1. The van der Waals surface area contributed by atoms with Gasteiger partial charge in [0.2, 0.25) is 0 Å². The van der Waals surface area contributed by atoms with E-state index in [1.165, 1.54) is 21.7 Å². The van der Waals surface area contributed by atoms with Gasteiger partial charge in [-0.15, -0.1) is 11.3 Å². The summed E-state index contributed by atoms with van der Waals surface area (Å²) in [6.07, 6.45) is 1.20. The van der Waals surface area contributed by atoms with Crippen LogP contribution >= 0.6 is 11.3 Å². The summed E-state index contributed by atoms with van der Waals surface area (Å²) in [5, 5.41) is 3.50. The summed E-state index contributed by atoms with van der Waals surface area (Å²) in [6.45, 7) is 6.57. The van der Waals surface area contributed by atoms with Crippen molar-refractivity contribution in [2.75, 3.05) is 33.3 Å². The van der Waals surface area contributed by atoms with E-state index in [0.717, 1.165) is 31.9 Å². The highest BCUT2D eigenvalue weighted by atomic mass is 32.1. The molecule has 1 unspecified atom stereocenters. The Morgan fingerprint density at radius 3 is 2.86 bits per heavy atom. The fourth-order valence-electron chi connectivity index (χ4n) is 3.09. The molecule has 4 heteroatoms. The van der Waals surface area contributed by atoms with Crippen molar-refractivity contribution in [1.82, 2.24) is 10.2 Å². The Morgan fingerprint density at radius 1 is 1.18 bits per heavy atom. The van der Waals surface area contributed by atoms with Crippen LogP contribution in [0.2, 0.25) is 0 Å². The van der Waals surface area contributed by atoms with Gasteiger partial charge in [0, 0.05) is 29.4 Å². The van der Waals surface area contributed by atoms with Gasteiger partial charge in [0.1, 0.15) is 5.75 Å². The molecule has 1 aliphatic rings. The number of nitrogens with one attached hydrogen (secondary N) is 1. The first-order chi connectivity index (χ1) is 10.8. The first-order valence-corrected chi connectivity index (χ1v) is 8.74. The molecule has 1 saturated heterocycles. The van der Waals surface area contributed by atoms with E-state index in [0.29, 0.717) is 6.04 Å². The second-order valence-corrected chi connectivity index (χ2v) is 7.09. The predicted molar refractivity (Wildman–Crippen MR) is 93.0 cm³/mol. The Bertz CT molecular complexity index is 603. The molecule has 0 amide bonds. The van der Waals surface area contributed by atoms with E-state index in [-0.39, 0.29) is 0 Å². The topological polar surface area (TPSA) is 24.5 Å². The van der Waals surface area contributed by atoms with Gasteiger partial charge >= 0.3 is 0 Å². The van der Waals surface area contributed by atoms with Gasteiger partial charge in [-0.2, -0.15) is 0 Å². The van der Waals surface area contributed by atoms with E-state index in [2.05, 4.69) is 47.5 Å². The minimum Gasteiger partial charge on any atom is -0.497 e. The zero-order chi connectivity index (χ0) is 15.4. The molecule has 1 atom stereocenters. The largest absolute Gasteiger partial charge is 0.497 e. The number of thiophene rings is 1. The van der Waals surface area contributed by atoms with E-state index in [1.54, 1.807) is 7.11 Å². The minimum absolute atomic E-state index is 0.327. The number of aryl methyl sites for hydroxylation is 1. The molecule has 118 valence electrons. The lowest BCUT2D eigenvalue weighted by molar-refractivity contribution is 0.243. The minimum atomic E-state index is 0.327. The van der Waals surface area contributed by atoms with Crippen molar-refractivity contribution >= 4 is 11.3 Å². The van der Waals surface area contributed by atoms with Crippen LogP contribution in [0.3, 0.4) is 0 Å². The molecule has 3 rings (SSSR count). The smallest absolute Gasteiger partial charge is 0.119 e. The molecular formula is C18H24N2OS. The normalized spacial score (nSPS) is 17.9. The van der Waals surface area contributed by atoms with Crippen LogP contribution in [0.1, 0.15) is 27.8 Å². The Hall–Kier alpha value is -1.36. The van der Waals surface area contributed by atoms with Crippen molar-refractivity contribution in [3.63, 3.8) is 0 Å². The van der Waals surface area contributed by atoms with E-state index < -0.39 is 0 Å². The highest BCUT2D eigenvalue weighted by Crippen LogP contribution is 2.34. The predicted octanol–water partition coefficient (Wildman–Crippen LogP) is 3.45. The second kappa shape index (κ2) is 7.27. The van der Waals surface area contributed by atoms with Gasteiger partial charge in [0.05, 0.1) is 13.2 Å². The van der Waals surface area contributed by atoms with Crippen LogP contribution in [0.25, 0.3) is 0 Å². The third-order valence-electron chi connectivity index (χ3n) is 4.18. The molecule has 1 aromatic heterocycles. The van der Waals surface area contributed by atoms with Crippen molar-refractivity contribution < 1.29 is 4.74 Å². The molecule has 3 nitrogen and oxygen atoms in total. The van der Waals surface area contributed by atoms with Crippen molar-refractivity contribution in [3.8, 4) is 5.75 Å². The van der Waals surface area contributed by atoms with Gasteiger partial charge in [0.15, 0.2) is 0 Å². The lowest BCUT2D eigenvalue weighted by atomic mass is 10.0. The molecule has 1 fully saturated rings. The fraction of sp³-hybridized carbons (Fsp3) is 0.444. The maximum atomic E-state index is 5.43. The van der Waals surface area contributed by atoms with E-state index in [4.69, 9.17) is 4.74 Å². The molecule has 0 aliphatic carbocycles. The van der Waals surface area contributed by atoms with Crippen LogP contribution in [0, 0.1) is 6.92 Å². The maximum absolute atomic E-state index is 5.43. The van der Waals surface area contributed by atoms with Gasteiger partial charge in [-0.05, 0) is 49.7 Å². The zero-order valence-corrected chi connectivity index (χ0v) is 14.2. The van der Waals surface area contributed by atoms with Gasteiger partial charge in [-0.1, -0.05) is 12.1 Å². The molecule has 0 saturated carbocycles. The molecule has 1 N–H and O–H groups in total. The van der Waals surface area contributed by atoms with Crippen LogP contribution in [0.4, 0.5) is 0 Å². The molecule has 0 radical (unpaired) electrons. The number of benzene rings is 1. The maximum Gasteiger partial charge on any atom is 0.119 e. The Balaban J connectivity index is 1.97. The van der Waals surface area contributed by atoms with E-state index >= 15 is 0 Å². The second-order valence-electron chi connectivity index (χ2n) is 5.77. The molecule has 2 aromatic rings. The average molecular weight is 316 g/mol. The molecule has 1 aliphatic heterocycles.